The van der Waals surface area contributed by atoms with E-state index in [9.17, 15) is 13.2 Å². The first-order valence-electron chi connectivity index (χ1n) is 4.73. The highest BCUT2D eigenvalue weighted by atomic mass is 19.4. The van der Waals surface area contributed by atoms with Gasteiger partial charge in [-0.25, -0.2) is 0 Å². The number of hydrogen-bond donors (Lipinski definition) is 1. The smallest absolute Gasteiger partial charge is 0.377 e. The summed E-state index contributed by atoms with van der Waals surface area (Å²) in [6.45, 7) is 1.48. The minimum absolute atomic E-state index is 0.0591. The molecule has 86 valence electrons. The third-order valence-electron chi connectivity index (χ3n) is 2.50. The molecule has 1 N–H and O–H groups in total. The van der Waals surface area contributed by atoms with E-state index in [0.29, 0.717) is 6.61 Å². The molecule has 1 fully saturated rings. The lowest BCUT2D eigenvalue weighted by Crippen LogP contribution is -2.55. The molecule has 1 heterocycles. The van der Waals surface area contributed by atoms with Crippen LogP contribution in [0.25, 0.3) is 0 Å². The molecule has 0 radical (unpaired) electrons. The van der Waals surface area contributed by atoms with Crippen LogP contribution in [-0.4, -0.2) is 31.0 Å². The Labute approximate surface area is 86.2 Å². The number of ether oxygens (including phenoxy) is 1. The topological polar surface area (TPSA) is 45.0 Å². The zero-order valence-corrected chi connectivity index (χ0v) is 8.40. The van der Waals surface area contributed by atoms with Crippen LogP contribution in [0.1, 0.15) is 19.8 Å². The van der Waals surface area contributed by atoms with Gasteiger partial charge in [-0.15, -0.1) is 0 Å². The summed E-state index contributed by atoms with van der Waals surface area (Å²) in [6, 6.07) is 1.25. The van der Waals surface area contributed by atoms with E-state index >= 15 is 0 Å². The highest BCUT2D eigenvalue weighted by molar-refractivity contribution is 5.09. The molecule has 0 saturated carbocycles. The number of nitrogens with one attached hydrogen (secondary N) is 1. The van der Waals surface area contributed by atoms with Crippen molar-refractivity contribution >= 4 is 0 Å². The van der Waals surface area contributed by atoms with Gasteiger partial charge in [0.15, 0.2) is 5.54 Å². The summed E-state index contributed by atoms with van der Waals surface area (Å²) in [6.07, 6.45) is -3.17. The molecule has 1 aliphatic heterocycles. The largest absolute Gasteiger partial charge is 0.419 e. The van der Waals surface area contributed by atoms with E-state index < -0.39 is 11.7 Å². The van der Waals surface area contributed by atoms with Crippen molar-refractivity contribution in [2.24, 2.45) is 0 Å². The van der Waals surface area contributed by atoms with Crippen LogP contribution in [0, 0.1) is 11.3 Å². The van der Waals surface area contributed by atoms with Gasteiger partial charge in [0, 0.05) is 13.2 Å². The zero-order chi connectivity index (χ0) is 11.5. The SMILES string of the molecule is CC(C#N)(NCC1CCCO1)C(F)(F)F. The molecular formula is C9H13F3N2O. The lowest BCUT2D eigenvalue weighted by Gasteiger charge is -2.27. The number of nitrogens with zero attached hydrogens (tertiary/aromatic N) is 1. The van der Waals surface area contributed by atoms with Gasteiger partial charge < -0.3 is 4.74 Å². The predicted molar refractivity (Wildman–Crippen MR) is 47.0 cm³/mol. The Morgan fingerprint density at radius 2 is 2.20 bits per heavy atom. The van der Waals surface area contributed by atoms with E-state index in [0.717, 1.165) is 19.8 Å². The zero-order valence-electron chi connectivity index (χ0n) is 8.40. The second kappa shape index (κ2) is 4.37. The highest BCUT2D eigenvalue weighted by Gasteiger charge is 2.51. The van der Waals surface area contributed by atoms with Crippen molar-refractivity contribution in [2.75, 3.05) is 13.2 Å². The van der Waals surface area contributed by atoms with Gasteiger partial charge in [0.25, 0.3) is 0 Å². The van der Waals surface area contributed by atoms with Gasteiger partial charge in [0.05, 0.1) is 12.2 Å². The summed E-state index contributed by atoms with van der Waals surface area (Å²) in [7, 11) is 0. The lowest BCUT2D eigenvalue weighted by atomic mass is 10.0. The molecule has 1 rings (SSSR count). The molecule has 15 heavy (non-hydrogen) atoms. The maximum atomic E-state index is 12.5. The fourth-order valence-corrected chi connectivity index (χ4v) is 1.33. The van der Waals surface area contributed by atoms with Crippen LogP contribution in [0.15, 0.2) is 0 Å². The maximum absolute atomic E-state index is 12.5. The Bertz CT molecular complexity index is 255. The van der Waals surface area contributed by atoms with Crippen LogP contribution in [0.5, 0.6) is 0 Å². The molecule has 0 spiro atoms. The molecular weight excluding hydrogens is 209 g/mol. The first kappa shape index (κ1) is 12.3. The van der Waals surface area contributed by atoms with Gasteiger partial charge in [0.1, 0.15) is 0 Å². The van der Waals surface area contributed by atoms with Crippen molar-refractivity contribution in [1.82, 2.24) is 5.32 Å². The number of halogens is 3. The Balaban J connectivity index is 2.50. The van der Waals surface area contributed by atoms with Crippen molar-refractivity contribution in [3.63, 3.8) is 0 Å². The van der Waals surface area contributed by atoms with Crippen molar-refractivity contribution in [2.45, 2.75) is 37.6 Å². The van der Waals surface area contributed by atoms with Crippen molar-refractivity contribution in [1.29, 1.82) is 5.26 Å². The molecule has 0 aromatic carbocycles. The average Bonchev–Trinajstić information content (AvgIpc) is 2.64. The molecule has 1 saturated heterocycles. The summed E-state index contributed by atoms with van der Waals surface area (Å²) >= 11 is 0. The highest BCUT2D eigenvalue weighted by Crippen LogP contribution is 2.29. The summed E-state index contributed by atoms with van der Waals surface area (Å²) in [5.41, 5.74) is -2.49. The fraction of sp³-hybridized carbons (Fsp3) is 0.889. The molecule has 3 nitrogen and oxygen atoms in total. The first-order chi connectivity index (χ1) is 6.89. The summed E-state index contributed by atoms with van der Waals surface area (Å²) in [4.78, 5) is 0. The van der Waals surface area contributed by atoms with Crippen LogP contribution in [-0.2, 0) is 4.74 Å². The minimum Gasteiger partial charge on any atom is -0.377 e. The van der Waals surface area contributed by atoms with E-state index in [2.05, 4.69) is 5.32 Å². The Morgan fingerprint density at radius 1 is 1.53 bits per heavy atom. The van der Waals surface area contributed by atoms with Gasteiger partial charge in [-0.05, 0) is 19.8 Å². The predicted octanol–water partition coefficient (Wildman–Crippen LogP) is 1.60. The van der Waals surface area contributed by atoms with Crippen LogP contribution in [0.2, 0.25) is 0 Å². The monoisotopic (exact) mass is 222 g/mol. The van der Waals surface area contributed by atoms with Gasteiger partial charge >= 0.3 is 6.18 Å². The van der Waals surface area contributed by atoms with Gasteiger partial charge in [-0.1, -0.05) is 0 Å². The summed E-state index contributed by atoms with van der Waals surface area (Å²) < 4.78 is 42.5. The molecule has 2 unspecified atom stereocenters. The van der Waals surface area contributed by atoms with Crippen LogP contribution < -0.4 is 5.32 Å². The fourth-order valence-electron chi connectivity index (χ4n) is 1.33. The second-order valence-corrected chi connectivity index (χ2v) is 3.75. The van der Waals surface area contributed by atoms with E-state index in [1.54, 1.807) is 0 Å². The number of nitriles is 1. The Morgan fingerprint density at radius 3 is 2.60 bits per heavy atom. The molecule has 0 aromatic rings. The van der Waals surface area contributed by atoms with E-state index in [-0.39, 0.29) is 12.6 Å². The normalized spacial score (nSPS) is 25.9. The van der Waals surface area contributed by atoms with Crippen molar-refractivity contribution < 1.29 is 17.9 Å². The summed E-state index contributed by atoms with van der Waals surface area (Å²) in [5, 5.41) is 10.7. The molecule has 0 aromatic heterocycles. The van der Waals surface area contributed by atoms with E-state index in [1.165, 1.54) is 6.07 Å². The van der Waals surface area contributed by atoms with Gasteiger partial charge in [-0.3, -0.25) is 5.32 Å². The molecule has 0 bridgehead atoms. The van der Waals surface area contributed by atoms with E-state index in [1.807, 2.05) is 0 Å². The van der Waals surface area contributed by atoms with E-state index in [4.69, 9.17) is 10.00 Å². The third-order valence-corrected chi connectivity index (χ3v) is 2.50. The van der Waals surface area contributed by atoms with Crippen LogP contribution in [0.4, 0.5) is 13.2 Å². The number of rotatable bonds is 3. The Hall–Kier alpha value is -0.800. The summed E-state index contributed by atoms with van der Waals surface area (Å²) in [5.74, 6) is 0. The Kier molecular flexibility index (Phi) is 3.58. The van der Waals surface area contributed by atoms with Crippen molar-refractivity contribution in [3.05, 3.63) is 0 Å². The third kappa shape index (κ3) is 2.83. The standard InChI is InChI=1S/C9H13F3N2O/c1-8(6-13,9(10,11)12)14-5-7-3-2-4-15-7/h7,14H,2-5H2,1H3. The minimum atomic E-state index is -4.57. The maximum Gasteiger partial charge on any atom is 0.419 e. The molecule has 1 aliphatic rings. The second-order valence-electron chi connectivity index (χ2n) is 3.75. The molecule has 2 atom stereocenters. The van der Waals surface area contributed by atoms with Gasteiger partial charge in [0.2, 0.25) is 0 Å². The van der Waals surface area contributed by atoms with Crippen LogP contribution in [0.3, 0.4) is 0 Å². The van der Waals surface area contributed by atoms with Crippen LogP contribution >= 0.6 is 0 Å². The first-order valence-corrected chi connectivity index (χ1v) is 4.73. The number of hydrogen-bond acceptors (Lipinski definition) is 3. The number of alkyl halides is 3. The molecule has 0 amide bonds. The van der Waals surface area contributed by atoms with Gasteiger partial charge in [-0.2, -0.15) is 18.4 Å². The molecule has 6 heteroatoms. The van der Waals surface area contributed by atoms with Crippen molar-refractivity contribution in [3.8, 4) is 6.07 Å². The lowest BCUT2D eigenvalue weighted by molar-refractivity contribution is -0.175. The average molecular weight is 222 g/mol. The quantitative estimate of drug-likeness (QED) is 0.788. The molecule has 0 aliphatic carbocycles.